The summed E-state index contributed by atoms with van der Waals surface area (Å²) in [6, 6.07) is 9.56. The van der Waals surface area contributed by atoms with Crippen molar-refractivity contribution in [3.8, 4) is 5.75 Å². The zero-order valence-electron chi connectivity index (χ0n) is 12.1. The summed E-state index contributed by atoms with van der Waals surface area (Å²) in [4.78, 5) is 33.5. The zero-order valence-corrected chi connectivity index (χ0v) is 12.1. The number of hydrogen-bond acceptors (Lipinski definition) is 5. The number of hydrogen-bond donors (Lipinski definition) is 3. The molecule has 8 heteroatoms. The van der Waals surface area contributed by atoms with Crippen LogP contribution in [0.3, 0.4) is 0 Å². The number of nitro groups is 1. The lowest BCUT2D eigenvalue weighted by Gasteiger charge is -2.07. The number of nitrogens with one attached hydrogen (secondary N) is 2. The highest BCUT2D eigenvalue weighted by atomic mass is 16.6. The average molecular weight is 315 g/mol. The molecule has 8 nitrogen and oxygen atoms in total. The Balaban J connectivity index is 2.21. The molecule has 2 amide bonds. The fourth-order valence-electron chi connectivity index (χ4n) is 1.90. The standard InChI is InChI=1S/C15H13N3O5/c1-16-14(20)9-3-2-4-11(7-9)17-15(21)10-5-6-12(18(22)23)13(19)8-10/h2-8,19H,1H3,(H,16,20)(H,17,21). The lowest BCUT2D eigenvalue weighted by atomic mass is 10.1. The summed E-state index contributed by atoms with van der Waals surface area (Å²) in [5, 5.41) is 25.2. The number of rotatable bonds is 4. The summed E-state index contributed by atoms with van der Waals surface area (Å²) in [5.74, 6) is -1.46. The van der Waals surface area contributed by atoms with Crippen LogP contribution in [0.2, 0.25) is 0 Å². The summed E-state index contributed by atoms with van der Waals surface area (Å²) in [6.45, 7) is 0. The number of carbonyl (C=O) groups is 2. The van der Waals surface area contributed by atoms with Gasteiger partial charge in [0.25, 0.3) is 11.8 Å². The Kier molecular flexibility index (Phi) is 4.55. The van der Waals surface area contributed by atoms with Crippen LogP contribution < -0.4 is 10.6 Å². The Morgan fingerprint density at radius 3 is 2.39 bits per heavy atom. The molecule has 0 aliphatic rings. The van der Waals surface area contributed by atoms with E-state index < -0.39 is 22.3 Å². The van der Waals surface area contributed by atoms with Crippen LogP contribution in [0.15, 0.2) is 42.5 Å². The molecule has 0 bridgehead atoms. The molecular weight excluding hydrogens is 302 g/mol. The minimum Gasteiger partial charge on any atom is -0.502 e. The smallest absolute Gasteiger partial charge is 0.310 e. The molecule has 2 aromatic carbocycles. The quantitative estimate of drug-likeness (QED) is 0.587. The van der Waals surface area contributed by atoms with E-state index in [0.29, 0.717) is 11.3 Å². The molecule has 2 aromatic rings. The molecule has 0 heterocycles. The van der Waals surface area contributed by atoms with Gasteiger partial charge in [-0.25, -0.2) is 0 Å². The van der Waals surface area contributed by atoms with Crippen molar-refractivity contribution in [1.29, 1.82) is 0 Å². The number of phenolic OH excluding ortho intramolecular Hbond substituents is 1. The van der Waals surface area contributed by atoms with E-state index in [-0.39, 0.29) is 11.5 Å². The van der Waals surface area contributed by atoms with Crippen LogP contribution in [-0.4, -0.2) is 28.9 Å². The third-order valence-corrected chi connectivity index (χ3v) is 3.04. The van der Waals surface area contributed by atoms with Crippen molar-refractivity contribution in [2.24, 2.45) is 0 Å². The number of anilines is 1. The monoisotopic (exact) mass is 315 g/mol. The number of carbonyl (C=O) groups excluding carboxylic acids is 2. The first-order valence-corrected chi connectivity index (χ1v) is 6.53. The van der Waals surface area contributed by atoms with Gasteiger partial charge in [0.05, 0.1) is 4.92 Å². The van der Waals surface area contributed by atoms with Crippen molar-refractivity contribution in [3.63, 3.8) is 0 Å². The number of aromatic hydroxyl groups is 1. The first kappa shape index (κ1) is 16.0. The van der Waals surface area contributed by atoms with Gasteiger partial charge in [-0.3, -0.25) is 19.7 Å². The van der Waals surface area contributed by atoms with Gasteiger partial charge >= 0.3 is 5.69 Å². The fourth-order valence-corrected chi connectivity index (χ4v) is 1.90. The molecule has 0 saturated heterocycles. The predicted molar refractivity (Wildman–Crippen MR) is 82.5 cm³/mol. The predicted octanol–water partition coefficient (Wildman–Crippen LogP) is 1.91. The molecule has 23 heavy (non-hydrogen) atoms. The minimum atomic E-state index is -0.746. The van der Waals surface area contributed by atoms with E-state index in [1.165, 1.54) is 19.2 Å². The van der Waals surface area contributed by atoms with Gasteiger partial charge in [0, 0.05) is 29.9 Å². The maximum atomic E-state index is 12.1. The SMILES string of the molecule is CNC(=O)c1cccc(NC(=O)c2ccc([N+](=O)[O-])c(O)c2)c1. The number of benzene rings is 2. The molecule has 118 valence electrons. The maximum absolute atomic E-state index is 12.1. The van der Waals surface area contributed by atoms with E-state index in [9.17, 15) is 24.8 Å². The first-order valence-electron chi connectivity index (χ1n) is 6.53. The maximum Gasteiger partial charge on any atom is 0.310 e. The number of nitrogens with zero attached hydrogens (tertiary/aromatic N) is 1. The van der Waals surface area contributed by atoms with Gasteiger partial charge in [-0.15, -0.1) is 0 Å². The molecule has 0 fully saturated rings. The van der Waals surface area contributed by atoms with Crippen molar-refractivity contribution < 1.29 is 19.6 Å². The van der Waals surface area contributed by atoms with Crippen LogP contribution in [0.25, 0.3) is 0 Å². The lowest BCUT2D eigenvalue weighted by molar-refractivity contribution is -0.385. The van der Waals surface area contributed by atoms with Crippen molar-refractivity contribution in [3.05, 3.63) is 63.7 Å². The summed E-state index contributed by atoms with van der Waals surface area (Å²) >= 11 is 0. The van der Waals surface area contributed by atoms with E-state index >= 15 is 0 Å². The molecule has 0 radical (unpaired) electrons. The normalized spacial score (nSPS) is 9.96. The molecule has 0 atom stereocenters. The van der Waals surface area contributed by atoms with E-state index in [1.807, 2.05) is 0 Å². The largest absolute Gasteiger partial charge is 0.502 e. The average Bonchev–Trinajstić information content (AvgIpc) is 2.53. The molecule has 3 N–H and O–H groups in total. The van der Waals surface area contributed by atoms with Gasteiger partial charge in [0.1, 0.15) is 0 Å². The Bertz CT molecular complexity index is 788. The Hall–Kier alpha value is -3.42. The van der Waals surface area contributed by atoms with Crippen molar-refractivity contribution in [2.75, 3.05) is 12.4 Å². The summed E-state index contributed by atoms with van der Waals surface area (Å²) in [6.07, 6.45) is 0. The van der Waals surface area contributed by atoms with Gasteiger partial charge in [-0.2, -0.15) is 0 Å². The second kappa shape index (κ2) is 6.56. The number of amides is 2. The van der Waals surface area contributed by atoms with Gasteiger partial charge in [0.2, 0.25) is 0 Å². The van der Waals surface area contributed by atoms with Crippen molar-refractivity contribution in [2.45, 2.75) is 0 Å². The number of phenols is 1. The van der Waals surface area contributed by atoms with Gasteiger partial charge in [0.15, 0.2) is 5.75 Å². The highest BCUT2D eigenvalue weighted by molar-refractivity contribution is 6.05. The molecule has 0 unspecified atom stereocenters. The molecule has 0 spiro atoms. The summed E-state index contributed by atoms with van der Waals surface area (Å²) in [7, 11) is 1.49. The zero-order chi connectivity index (χ0) is 17.0. The summed E-state index contributed by atoms with van der Waals surface area (Å²) < 4.78 is 0. The Labute approximate surface area is 130 Å². The Morgan fingerprint density at radius 2 is 1.78 bits per heavy atom. The molecule has 0 aliphatic carbocycles. The van der Waals surface area contributed by atoms with Crippen molar-refractivity contribution in [1.82, 2.24) is 5.32 Å². The highest BCUT2D eigenvalue weighted by Crippen LogP contribution is 2.26. The highest BCUT2D eigenvalue weighted by Gasteiger charge is 2.16. The van der Waals surface area contributed by atoms with Gasteiger partial charge in [-0.1, -0.05) is 6.07 Å². The molecular formula is C15H13N3O5. The van der Waals surface area contributed by atoms with Crippen LogP contribution in [0.1, 0.15) is 20.7 Å². The Morgan fingerprint density at radius 1 is 1.09 bits per heavy atom. The van der Waals surface area contributed by atoms with E-state index in [4.69, 9.17) is 0 Å². The topological polar surface area (TPSA) is 122 Å². The van der Waals surface area contributed by atoms with Gasteiger partial charge < -0.3 is 15.7 Å². The lowest BCUT2D eigenvalue weighted by Crippen LogP contribution is -2.18. The van der Waals surface area contributed by atoms with E-state index in [1.54, 1.807) is 18.2 Å². The van der Waals surface area contributed by atoms with Gasteiger partial charge in [-0.05, 0) is 30.3 Å². The molecule has 0 aliphatic heterocycles. The molecule has 0 aromatic heterocycles. The second-order valence-corrected chi connectivity index (χ2v) is 4.57. The van der Waals surface area contributed by atoms with Crippen LogP contribution in [0, 0.1) is 10.1 Å². The second-order valence-electron chi connectivity index (χ2n) is 4.57. The third kappa shape index (κ3) is 3.62. The third-order valence-electron chi connectivity index (χ3n) is 3.04. The van der Waals surface area contributed by atoms with Crippen LogP contribution in [0.5, 0.6) is 5.75 Å². The fraction of sp³-hybridized carbons (Fsp3) is 0.0667. The van der Waals surface area contributed by atoms with Crippen LogP contribution in [0.4, 0.5) is 11.4 Å². The minimum absolute atomic E-state index is 0.0541. The molecule has 2 rings (SSSR count). The van der Waals surface area contributed by atoms with Crippen molar-refractivity contribution >= 4 is 23.2 Å². The summed E-state index contributed by atoms with van der Waals surface area (Å²) in [5.41, 5.74) is 0.326. The van der Waals surface area contributed by atoms with E-state index in [0.717, 1.165) is 12.1 Å². The first-order chi connectivity index (χ1) is 10.9. The van der Waals surface area contributed by atoms with Crippen LogP contribution >= 0.6 is 0 Å². The number of nitro benzene ring substituents is 1. The molecule has 0 saturated carbocycles. The van der Waals surface area contributed by atoms with E-state index in [2.05, 4.69) is 10.6 Å². The van der Waals surface area contributed by atoms with Crippen LogP contribution in [-0.2, 0) is 0 Å².